The maximum atomic E-state index is 11.7. The third-order valence-corrected chi connectivity index (χ3v) is 3.90. The molecule has 110 valence electrons. The largest absolute Gasteiger partial charge is 0.465 e. The minimum Gasteiger partial charge on any atom is -0.465 e. The van der Waals surface area contributed by atoms with Crippen LogP contribution < -0.4 is 10.6 Å². The molecule has 5 nitrogen and oxygen atoms in total. The highest BCUT2D eigenvalue weighted by atomic mass is 16.5. The number of nitrogen functional groups attached to an aromatic ring is 1. The van der Waals surface area contributed by atoms with Gasteiger partial charge in [-0.3, -0.25) is 0 Å². The molecule has 1 aromatic carbocycles. The number of benzene rings is 1. The Morgan fingerprint density at radius 2 is 2.30 bits per heavy atom. The molecule has 1 heterocycles. The van der Waals surface area contributed by atoms with Crippen molar-refractivity contribution in [3.8, 4) is 0 Å². The minimum absolute atomic E-state index is 0.390. The molecule has 1 aliphatic heterocycles. The molecule has 1 saturated heterocycles. The monoisotopic (exact) mass is 277 g/mol. The number of hydrogen-bond donors (Lipinski definition) is 1. The second-order valence-electron chi connectivity index (χ2n) is 5.56. The van der Waals surface area contributed by atoms with Crippen LogP contribution in [-0.2, 0) is 4.74 Å². The summed E-state index contributed by atoms with van der Waals surface area (Å²) >= 11 is 0. The first-order chi connectivity index (χ1) is 9.51. The van der Waals surface area contributed by atoms with Crippen LogP contribution in [0.1, 0.15) is 16.8 Å². The van der Waals surface area contributed by atoms with Gasteiger partial charge in [0.25, 0.3) is 0 Å². The Hall–Kier alpha value is -1.75. The van der Waals surface area contributed by atoms with Gasteiger partial charge in [-0.1, -0.05) is 0 Å². The average Bonchev–Trinajstić information content (AvgIpc) is 2.83. The van der Waals surface area contributed by atoms with Crippen molar-refractivity contribution >= 4 is 17.3 Å². The molecule has 2 N–H and O–H groups in total. The molecule has 1 aliphatic rings. The summed E-state index contributed by atoms with van der Waals surface area (Å²) in [6.07, 6.45) is 1.22. The molecule has 0 saturated carbocycles. The van der Waals surface area contributed by atoms with E-state index in [0.29, 0.717) is 17.2 Å². The number of rotatable bonds is 4. The fourth-order valence-corrected chi connectivity index (χ4v) is 2.74. The van der Waals surface area contributed by atoms with Crippen LogP contribution in [0.15, 0.2) is 18.2 Å². The summed E-state index contributed by atoms with van der Waals surface area (Å²) in [6, 6.07) is 5.51. The molecule has 0 aromatic heterocycles. The third-order valence-electron chi connectivity index (χ3n) is 3.90. The number of esters is 1. The standard InChI is InChI=1S/C15H23N3O2/c1-17-7-6-11(9-17)10-18(2)12-4-5-14(16)13(8-12)15(19)20-3/h4-5,8,11H,6-7,9-10,16H2,1-3H3. The molecule has 2 rings (SSSR count). The van der Waals surface area contributed by atoms with Crippen molar-refractivity contribution in [1.82, 2.24) is 4.90 Å². The van der Waals surface area contributed by atoms with E-state index in [9.17, 15) is 4.79 Å². The first-order valence-corrected chi connectivity index (χ1v) is 6.88. The predicted molar refractivity (Wildman–Crippen MR) is 81.1 cm³/mol. The van der Waals surface area contributed by atoms with Gasteiger partial charge in [-0.25, -0.2) is 4.79 Å². The highest BCUT2D eigenvalue weighted by Crippen LogP contribution is 2.23. The zero-order valence-corrected chi connectivity index (χ0v) is 12.4. The maximum Gasteiger partial charge on any atom is 0.340 e. The van der Waals surface area contributed by atoms with Gasteiger partial charge >= 0.3 is 5.97 Å². The second-order valence-corrected chi connectivity index (χ2v) is 5.56. The summed E-state index contributed by atoms with van der Waals surface area (Å²) in [5.41, 5.74) is 7.70. The predicted octanol–water partition coefficient (Wildman–Crippen LogP) is 1.44. The van der Waals surface area contributed by atoms with Gasteiger partial charge in [0.1, 0.15) is 0 Å². The van der Waals surface area contributed by atoms with Gasteiger partial charge in [-0.2, -0.15) is 0 Å². The second kappa shape index (κ2) is 6.13. The Labute approximate surface area is 120 Å². The lowest BCUT2D eigenvalue weighted by Gasteiger charge is -2.24. The maximum absolute atomic E-state index is 11.7. The Bertz CT molecular complexity index is 490. The van der Waals surface area contributed by atoms with Crippen molar-refractivity contribution in [2.75, 3.05) is 51.5 Å². The van der Waals surface area contributed by atoms with Crippen LogP contribution in [0.5, 0.6) is 0 Å². The lowest BCUT2D eigenvalue weighted by atomic mass is 10.1. The molecule has 1 aromatic rings. The molecule has 0 radical (unpaired) electrons. The van der Waals surface area contributed by atoms with E-state index >= 15 is 0 Å². The van der Waals surface area contributed by atoms with E-state index < -0.39 is 5.97 Å². The quantitative estimate of drug-likeness (QED) is 0.666. The van der Waals surface area contributed by atoms with Crippen LogP contribution in [-0.4, -0.2) is 51.7 Å². The fraction of sp³-hybridized carbons (Fsp3) is 0.533. The van der Waals surface area contributed by atoms with Gasteiger partial charge in [0.2, 0.25) is 0 Å². The van der Waals surface area contributed by atoms with Crippen molar-refractivity contribution in [3.05, 3.63) is 23.8 Å². The van der Waals surface area contributed by atoms with Crippen LogP contribution in [0.25, 0.3) is 0 Å². The Kier molecular flexibility index (Phi) is 4.49. The summed E-state index contributed by atoms with van der Waals surface area (Å²) in [7, 11) is 5.57. The summed E-state index contributed by atoms with van der Waals surface area (Å²) in [6.45, 7) is 3.27. The first-order valence-electron chi connectivity index (χ1n) is 6.88. The highest BCUT2D eigenvalue weighted by Gasteiger charge is 2.21. The molecule has 1 atom stereocenters. The molecule has 0 aliphatic carbocycles. The van der Waals surface area contributed by atoms with E-state index in [2.05, 4.69) is 16.8 Å². The molecule has 0 amide bonds. The van der Waals surface area contributed by atoms with Gasteiger partial charge in [-0.05, 0) is 44.1 Å². The molecular weight excluding hydrogens is 254 g/mol. The summed E-state index contributed by atoms with van der Waals surface area (Å²) in [4.78, 5) is 16.2. The number of hydrogen-bond acceptors (Lipinski definition) is 5. The number of likely N-dealkylation sites (tertiary alicyclic amines) is 1. The van der Waals surface area contributed by atoms with E-state index in [0.717, 1.165) is 25.3 Å². The molecular formula is C15H23N3O2. The van der Waals surface area contributed by atoms with Crippen LogP contribution in [0, 0.1) is 5.92 Å². The van der Waals surface area contributed by atoms with Crippen molar-refractivity contribution in [2.45, 2.75) is 6.42 Å². The van der Waals surface area contributed by atoms with Crippen molar-refractivity contribution in [2.24, 2.45) is 5.92 Å². The van der Waals surface area contributed by atoms with Crippen LogP contribution >= 0.6 is 0 Å². The average molecular weight is 277 g/mol. The van der Waals surface area contributed by atoms with Gasteiger partial charge < -0.3 is 20.3 Å². The number of carbonyl (C=O) groups excluding carboxylic acids is 1. The lowest BCUT2D eigenvalue weighted by Crippen LogP contribution is -2.27. The molecule has 1 fully saturated rings. The van der Waals surface area contributed by atoms with Crippen molar-refractivity contribution in [1.29, 1.82) is 0 Å². The van der Waals surface area contributed by atoms with Crippen LogP contribution in [0.3, 0.4) is 0 Å². The van der Waals surface area contributed by atoms with Crippen molar-refractivity contribution in [3.63, 3.8) is 0 Å². The summed E-state index contributed by atoms with van der Waals surface area (Å²) in [5.74, 6) is 0.280. The lowest BCUT2D eigenvalue weighted by molar-refractivity contribution is 0.0602. The number of anilines is 2. The highest BCUT2D eigenvalue weighted by molar-refractivity contribution is 5.96. The number of nitrogens with two attached hydrogens (primary N) is 1. The van der Waals surface area contributed by atoms with Gasteiger partial charge in [0.05, 0.1) is 12.7 Å². The Morgan fingerprint density at radius 3 is 2.90 bits per heavy atom. The third kappa shape index (κ3) is 3.22. The van der Waals surface area contributed by atoms with Crippen molar-refractivity contribution < 1.29 is 9.53 Å². The topological polar surface area (TPSA) is 58.8 Å². The first kappa shape index (κ1) is 14.7. The Morgan fingerprint density at radius 1 is 1.55 bits per heavy atom. The Balaban J connectivity index is 2.09. The van der Waals surface area contributed by atoms with Crippen LogP contribution in [0.2, 0.25) is 0 Å². The van der Waals surface area contributed by atoms with Gasteiger partial charge in [-0.15, -0.1) is 0 Å². The van der Waals surface area contributed by atoms with E-state index in [1.807, 2.05) is 13.1 Å². The van der Waals surface area contributed by atoms with Gasteiger partial charge in [0.15, 0.2) is 0 Å². The normalized spacial score (nSPS) is 19.1. The van der Waals surface area contributed by atoms with E-state index in [-0.39, 0.29) is 0 Å². The molecule has 1 unspecified atom stereocenters. The molecule has 20 heavy (non-hydrogen) atoms. The molecule has 0 bridgehead atoms. The summed E-state index contributed by atoms with van der Waals surface area (Å²) < 4.78 is 4.76. The number of nitrogens with zero attached hydrogens (tertiary/aromatic N) is 2. The SMILES string of the molecule is COC(=O)c1cc(N(C)CC2CCN(C)C2)ccc1N. The zero-order valence-electron chi connectivity index (χ0n) is 12.4. The number of ether oxygens (including phenoxy) is 1. The van der Waals surface area contributed by atoms with E-state index in [4.69, 9.17) is 10.5 Å². The van der Waals surface area contributed by atoms with Crippen LogP contribution in [0.4, 0.5) is 11.4 Å². The minimum atomic E-state index is -0.390. The van der Waals surface area contributed by atoms with E-state index in [1.54, 1.807) is 12.1 Å². The van der Waals surface area contributed by atoms with E-state index in [1.165, 1.54) is 13.5 Å². The fourth-order valence-electron chi connectivity index (χ4n) is 2.74. The van der Waals surface area contributed by atoms with Gasteiger partial charge in [0, 0.05) is 31.5 Å². The smallest absolute Gasteiger partial charge is 0.340 e. The number of carbonyl (C=O) groups is 1. The molecule has 5 heteroatoms. The number of methoxy groups -OCH3 is 1. The molecule has 0 spiro atoms. The zero-order chi connectivity index (χ0) is 14.7. The summed E-state index contributed by atoms with van der Waals surface area (Å²) in [5, 5.41) is 0.